The molecule has 1 heterocycles. The lowest BCUT2D eigenvalue weighted by atomic mass is 9.73. The van der Waals surface area contributed by atoms with E-state index < -0.39 is 17.5 Å². The van der Waals surface area contributed by atoms with Gasteiger partial charge in [0.1, 0.15) is 12.1 Å². The van der Waals surface area contributed by atoms with Gasteiger partial charge in [-0.2, -0.15) is 0 Å². The Morgan fingerprint density at radius 3 is 2.73 bits per heavy atom. The van der Waals surface area contributed by atoms with Crippen LogP contribution in [0.3, 0.4) is 0 Å². The van der Waals surface area contributed by atoms with Crippen molar-refractivity contribution < 1.29 is 19.2 Å². The normalized spacial score (nSPS) is 23.4. The van der Waals surface area contributed by atoms with Gasteiger partial charge in [-0.15, -0.1) is 0 Å². The molecule has 8 nitrogen and oxygen atoms in total. The molecule has 30 heavy (non-hydrogen) atoms. The van der Waals surface area contributed by atoms with Crippen molar-refractivity contribution >= 4 is 29.4 Å². The van der Waals surface area contributed by atoms with E-state index in [1.54, 1.807) is 23.1 Å². The minimum Gasteiger partial charge on any atom is -0.339 e. The second kappa shape index (κ2) is 8.85. The average Bonchev–Trinajstić information content (AvgIpc) is 2.93. The first-order valence-electron chi connectivity index (χ1n) is 10.5. The van der Waals surface area contributed by atoms with Crippen LogP contribution in [0.15, 0.2) is 24.3 Å². The molecule has 2 fully saturated rings. The highest BCUT2D eigenvalue weighted by molar-refractivity contribution is 6.10. The number of rotatable bonds is 6. The summed E-state index contributed by atoms with van der Waals surface area (Å²) in [6.07, 6.45) is 3.43. The summed E-state index contributed by atoms with van der Waals surface area (Å²) >= 11 is 0. The Bertz CT molecular complexity index is 855. The second-order valence-electron chi connectivity index (χ2n) is 8.22. The molecule has 5 amide bonds. The predicted octanol–water partition coefficient (Wildman–Crippen LogP) is 2.49. The molecule has 1 aliphatic heterocycles. The maximum Gasteiger partial charge on any atom is 0.325 e. The predicted molar refractivity (Wildman–Crippen MR) is 112 cm³/mol. The van der Waals surface area contributed by atoms with E-state index in [1.165, 1.54) is 6.92 Å². The third-order valence-corrected chi connectivity index (χ3v) is 6.21. The van der Waals surface area contributed by atoms with Gasteiger partial charge in [0.15, 0.2) is 0 Å². The molecular formula is C22H30N4O4. The van der Waals surface area contributed by atoms with Gasteiger partial charge in [-0.05, 0) is 43.4 Å². The Balaban J connectivity index is 1.64. The van der Waals surface area contributed by atoms with Crippen LogP contribution in [0, 0.1) is 5.92 Å². The number of urea groups is 1. The molecule has 1 aliphatic carbocycles. The summed E-state index contributed by atoms with van der Waals surface area (Å²) in [7, 11) is 0. The van der Waals surface area contributed by atoms with E-state index >= 15 is 0 Å². The molecule has 3 rings (SSSR count). The molecule has 1 spiro atoms. The molecular weight excluding hydrogens is 384 g/mol. The number of amides is 5. The van der Waals surface area contributed by atoms with E-state index in [4.69, 9.17) is 0 Å². The molecule has 1 aromatic rings. The van der Waals surface area contributed by atoms with Crippen molar-refractivity contribution in [2.45, 2.75) is 58.5 Å². The third kappa shape index (κ3) is 4.32. The first-order valence-corrected chi connectivity index (χ1v) is 10.5. The van der Waals surface area contributed by atoms with E-state index in [9.17, 15) is 19.2 Å². The van der Waals surface area contributed by atoms with Crippen molar-refractivity contribution in [1.29, 1.82) is 0 Å². The minimum atomic E-state index is -0.869. The Kier molecular flexibility index (Phi) is 6.43. The molecule has 1 saturated carbocycles. The van der Waals surface area contributed by atoms with E-state index in [-0.39, 0.29) is 24.3 Å². The van der Waals surface area contributed by atoms with E-state index in [1.807, 2.05) is 19.9 Å². The average molecular weight is 415 g/mol. The smallest absolute Gasteiger partial charge is 0.325 e. The molecule has 162 valence electrons. The van der Waals surface area contributed by atoms with Crippen LogP contribution in [0.1, 0.15) is 52.0 Å². The van der Waals surface area contributed by atoms with Gasteiger partial charge in [-0.1, -0.05) is 31.9 Å². The number of carbonyl (C=O) groups is 4. The van der Waals surface area contributed by atoms with Crippen LogP contribution in [0.4, 0.5) is 10.5 Å². The van der Waals surface area contributed by atoms with E-state index in [0.29, 0.717) is 25.2 Å². The third-order valence-electron chi connectivity index (χ3n) is 6.21. The van der Waals surface area contributed by atoms with Crippen LogP contribution in [0.2, 0.25) is 0 Å². The van der Waals surface area contributed by atoms with Crippen molar-refractivity contribution in [3.8, 4) is 0 Å². The molecule has 0 bridgehead atoms. The van der Waals surface area contributed by atoms with Crippen LogP contribution in [0.25, 0.3) is 0 Å². The van der Waals surface area contributed by atoms with Gasteiger partial charge in [0.25, 0.3) is 5.91 Å². The lowest BCUT2D eigenvalue weighted by Crippen LogP contribution is -2.54. The number of hydrogen-bond acceptors (Lipinski definition) is 4. The highest BCUT2D eigenvalue weighted by Crippen LogP contribution is 2.38. The number of nitrogens with zero attached hydrogens (tertiary/aromatic N) is 2. The number of hydrogen-bond donors (Lipinski definition) is 2. The quantitative estimate of drug-likeness (QED) is 0.699. The second-order valence-corrected chi connectivity index (χ2v) is 8.22. The summed E-state index contributed by atoms with van der Waals surface area (Å²) in [5.74, 6) is -0.703. The van der Waals surface area contributed by atoms with Gasteiger partial charge in [-0.3, -0.25) is 19.3 Å². The summed E-state index contributed by atoms with van der Waals surface area (Å²) in [6.45, 7) is 6.13. The first kappa shape index (κ1) is 21.8. The van der Waals surface area contributed by atoms with Crippen LogP contribution in [-0.2, 0) is 20.9 Å². The molecule has 1 saturated heterocycles. The zero-order valence-corrected chi connectivity index (χ0v) is 17.9. The fourth-order valence-electron chi connectivity index (χ4n) is 4.40. The zero-order valence-electron chi connectivity index (χ0n) is 17.9. The topological polar surface area (TPSA) is 98.8 Å². The van der Waals surface area contributed by atoms with Gasteiger partial charge in [0.2, 0.25) is 11.8 Å². The number of anilines is 1. The highest BCUT2D eigenvalue weighted by atomic mass is 16.2. The SMILES string of the molecule is CCN(Cc1cccc(NC(=O)CN2C(=O)NC3(CCCCC3C)C2=O)c1)C(C)=O. The Morgan fingerprint density at radius 2 is 2.07 bits per heavy atom. The monoisotopic (exact) mass is 414 g/mol. The van der Waals surface area contributed by atoms with Crippen molar-refractivity contribution in [3.05, 3.63) is 29.8 Å². The molecule has 2 N–H and O–H groups in total. The highest BCUT2D eigenvalue weighted by Gasteiger charge is 2.55. The molecule has 0 radical (unpaired) electrons. The van der Waals surface area contributed by atoms with Gasteiger partial charge < -0.3 is 15.5 Å². The van der Waals surface area contributed by atoms with Gasteiger partial charge in [0, 0.05) is 25.7 Å². The van der Waals surface area contributed by atoms with Gasteiger partial charge in [0.05, 0.1) is 0 Å². The van der Waals surface area contributed by atoms with Crippen molar-refractivity contribution in [2.24, 2.45) is 5.92 Å². The zero-order chi connectivity index (χ0) is 21.9. The maximum atomic E-state index is 13.0. The summed E-state index contributed by atoms with van der Waals surface area (Å²) in [5.41, 5.74) is 0.575. The Morgan fingerprint density at radius 1 is 1.30 bits per heavy atom. The molecule has 2 aliphatic rings. The summed E-state index contributed by atoms with van der Waals surface area (Å²) in [4.78, 5) is 52.3. The largest absolute Gasteiger partial charge is 0.339 e. The van der Waals surface area contributed by atoms with Crippen LogP contribution >= 0.6 is 0 Å². The van der Waals surface area contributed by atoms with Crippen molar-refractivity contribution in [2.75, 3.05) is 18.4 Å². The number of carbonyl (C=O) groups excluding carboxylic acids is 4. The molecule has 1 aromatic carbocycles. The van der Waals surface area contributed by atoms with Crippen molar-refractivity contribution in [1.82, 2.24) is 15.1 Å². The van der Waals surface area contributed by atoms with Gasteiger partial charge >= 0.3 is 6.03 Å². The number of nitrogens with one attached hydrogen (secondary N) is 2. The lowest BCUT2D eigenvalue weighted by Gasteiger charge is -2.36. The fourth-order valence-corrected chi connectivity index (χ4v) is 4.40. The van der Waals surface area contributed by atoms with E-state index in [2.05, 4.69) is 10.6 Å². The van der Waals surface area contributed by atoms with Crippen LogP contribution < -0.4 is 10.6 Å². The first-order chi connectivity index (χ1) is 14.3. The Labute approximate surface area is 177 Å². The maximum absolute atomic E-state index is 13.0. The summed E-state index contributed by atoms with van der Waals surface area (Å²) < 4.78 is 0. The van der Waals surface area contributed by atoms with Crippen LogP contribution in [-0.4, -0.2) is 52.2 Å². The van der Waals surface area contributed by atoms with Gasteiger partial charge in [-0.25, -0.2) is 4.79 Å². The standard InChI is InChI=1S/C22H30N4O4/c1-4-25(16(3)27)13-17-9-7-10-18(12-17)23-19(28)14-26-20(29)22(24-21(26)30)11-6-5-8-15(22)2/h7,9-10,12,15H,4-6,8,11,13-14H2,1-3H3,(H,23,28)(H,24,30). The molecule has 0 aromatic heterocycles. The lowest BCUT2D eigenvalue weighted by molar-refractivity contribution is -0.136. The fraction of sp³-hybridized carbons (Fsp3) is 0.545. The summed E-state index contributed by atoms with van der Waals surface area (Å²) in [5, 5.41) is 5.61. The molecule has 2 atom stereocenters. The number of imide groups is 1. The molecule has 8 heteroatoms. The number of benzene rings is 1. The van der Waals surface area contributed by atoms with Crippen LogP contribution in [0.5, 0.6) is 0 Å². The Hall–Kier alpha value is -2.90. The summed E-state index contributed by atoms with van der Waals surface area (Å²) in [6, 6.07) is 6.71. The van der Waals surface area contributed by atoms with E-state index in [0.717, 1.165) is 29.7 Å². The van der Waals surface area contributed by atoms with Crippen molar-refractivity contribution in [3.63, 3.8) is 0 Å². The minimum absolute atomic E-state index is 0.0173. The molecule has 2 unspecified atom stereocenters.